The molecule has 0 saturated carbocycles. The van der Waals surface area contributed by atoms with E-state index in [0.29, 0.717) is 23.8 Å². The Bertz CT molecular complexity index is 1350. The molecule has 0 radical (unpaired) electrons. The van der Waals surface area contributed by atoms with Gasteiger partial charge in [-0.1, -0.05) is 23.7 Å². The summed E-state index contributed by atoms with van der Waals surface area (Å²) in [5.41, 5.74) is 3.65. The van der Waals surface area contributed by atoms with Crippen LogP contribution in [0.1, 0.15) is 6.42 Å². The van der Waals surface area contributed by atoms with Crippen LogP contribution in [0, 0.1) is 0 Å². The third kappa shape index (κ3) is 8.16. The van der Waals surface area contributed by atoms with Crippen molar-refractivity contribution >= 4 is 34.6 Å². The molecule has 2 aromatic heterocycles. The number of aromatic nitrogens is 3. The lowest BCUT2D eigenvalue weighted by Gasteiger charge is -2.10. The van der Waals surface area contributed by atoms with Crippen LogP contribution < -0.4 is 4.74 Å². The van der Waals surface area contributed by atoms with Gasteiger partial charge in [0.25, 0.3) is 0 Å². The van der Waals surface area contributed by atoms with Crippen LogP contribution in [0.2, 0.25) is 5.02 Å². The summed E-state index contributed by atoms with van der Waals surface area (Å²) in [4.78, 5) is 25.8. The molecule has 0 aliphatic heterocycles. The molecule has 0 fully saturated rings. The molecule has 10 heteroatoms. The largest absolute Gasteiger partial charge is 0.494 e. The molecule has 37 heavy (non-hydrogen) atoms. The predicted molar refractivity (Wildman–Crippen MR) is 142 cm³/mol. The van der Waals surface area contributed by atoms with Crippen LogP contribution in [-0.2, 0) is 9.59 Å². The van der Waals surface area contributed by atoms with E-state index in [9.17, 15) is 9.59 Å². The van der Waals surface area contributed by atoms with E-state index in [-0.39, 0.29) is 0 Å². The van der Waals surface area contributed by atoms with Crippen LogP contribution in [0.15, 0.2) is 79.0 Å². The summed E-state index contributed by atoms with van der Waals surface area (Å²) in [6.45, 7) is 1.71. The quantitative estimate of drug-likeness (QED) is 0.238. The van der Waals surface area contributed by atoms with Gasteiger partial charge in [0.05, 0.1) is 12.3 Å². The number of ether oxygens (including phenoxy) is 1. The standard InChI is InChI=1S/C23H23ClN4O.C4H4O4/c1-27(2)15-4-16-29-20-12-10-19(11-13-20)28-23-21(5-3-14-25-23)22(26-28)17-6-8-18(24)9-7-17;5-3(6)1-2-4(7)8/h3,5-14H,4,15-16H2,1-2H3;1-2H,(H,5,6)(H,7,8). The highest BCUT2D eigenvalue weighted by molar-refractivity contribution is 6.30. The predicted octanol–water partition coefficient (Wildman–Crippen LogP) is 4.78. The number of aliphatic carboxylic acids is 2. The summed E-state index contributed by atoms with van der Waals surface area (Å²) in [7, 11) is 4.13. The molecule has 0 unspecified atom stereocenters. The summed E-state index contributed by atoms with van der Waals surface area (Å²) >= 11 is 6.04. The van der Waals surface area contributed by atoms with E-state index in [1.54, 1.807) is 6.20 Å². The van der Waals surface area contributed by atoms with Gasteiger partial charge in [-0.25, -0.2) is 19.3 Å². The number of hydrogen-bond acceptors (Lipinski definition) is 6. The van der Waals surface area contributed by atoms with Crippen molar-refractivity contribution < 1.29 is 24.5 Å². The monoisotopic (exact) mass is 522 g/mol. The van der Waals surface area contributed by atoms with Gasteiger partial charge < -0.3 is 19.8 Å². The summed E-state index contributed by atoms with van der Waals surface area (Å²) in [5, 5.41) is 22.2. The number of hydrogen-bond donors (Lipinski definition) is 2. The lowest BCUT2D eigenvalue weighted by molar-refractivity contribution is -0.134. The molecule has 4 rings (SSSR count). The maximum absolute atomic E-state index is 9.55. The van der Waals surface area contributed by atoms with Crippen LogP contribution in [0.25, 0.3) is 28.0 Å². The van der Waals surface area contributed by atoms with Crippen molar-refractivity contribution in [3.8, 4) is 22.7 Å². The molecule has 0 bridgehead atoms. The number of benzene rings is 2. The summed E-state index contributed by atoms with van der Waals surface area (Å²) in [6, 6.07) is 19.6. The van der Waals surface area contributed by atoms with Crippen molar-refractivity contribution in [1.29, 1.82) is 0 Å². The van der Waals surface area contributed by atoms with Crippen LogP contribution in [0.4, 0.5) is 0 Å². The van der Waals surface area contributed by atoms with Gasteiger partial charge in [-0.3, -0.25) is 0 Å². The number of carboxylic acid groups (broad SMARTS) is 2. The molecular weight excluding hydrogens is 496 g/mol. The zero-order chi connectivity index (χ0) is 26.8. The summed E-state index contributed by atoms with van der Waals surface area (Å²) in [6.07, 6.45) is 3.89. The summed E-state index contributed by atoms with van der Waals surface area (Å²) < 4.78 is 7.71. The lowest BCUT2D eigenvalue weighted by Crippen LogP contribution is -2.15. The first kappa shape index (κ1) is 27.4. The van der Waals surface area contributed by atoms with Crippen LogP contribution in [-0.4, -0.2) is 69.1 Å². The van der Waals surface area contributed by atoms with E-state index >= 15 is 0 Å². The van der Waals surface area contributed by atoms with Gasteiger partial charge in [-0.05, 0) is 69.0 Å². The molecular formula is C27H27ClN4O5. The minimum atomic E-state index is -1.26. The molecule has 4 aromatic rings. The van der Waals surface area contributed by atoms with E-state index in [0.717, 1.165) is 46.7 Å². The van der Waals surface area contributed by atoms with E-state index in [1.807, 2.05) is 65.3 Å². The Morgan fingerprint density at radius 2 is 1.65 bits per heavy atom. The first-order valence-electron chi connectivity index (χ1n) is 11.4. The normalized spacial score (nSPS) is 10.9. The average molecular weight is 523 g/mol. The number of rotatable bonds is 9. The second-order valence-electron chi connectivity index (χ2n) is 8.15. The van der Waals surface area contributed by atoms with Crippen molar-refractivity contribution in [2.75, 3.05) is 27.2 Å². The maximum Gasteiger partial charge on any atom is 0.328 e. The first-order chi connectivity index (χ1) is 17.7. The number of pyridine rings is 1. The van der Waals surface area contributed by atoms with Crippen molar-refractivity contribution in [2.45, 2.75) is 6.42 Å². The van der Waals surface area contributed by atoms with Crippen molar-refractivity contribution in [3.05, 3.63) is 84.0 Å². The van der Waals surface area contributed by atoms with Gasteiger partial charge in [0, 0.05) is 40.9 Å². The smallest absolute Gasteiger partial charge is 0.328 e. The number of nitrogens with zero attached hydrogens (tertiary/aromatic N) is 4. The molecule has 192 valence electrons. The fraction of sp³-hybridized carbons (Fsp3) is 0.185. The third-order valence-corrected chi connectivity index (χ3v) is 5.28. The van der Waals surface area contributed by atoms with Crippen LogP contribution in [0.5, 0.6) is 5.75 Å². The highest BCUT2D eigenvalue weighted by Gasteiger charge is 2.14. The second kappa shape index (κ2) is 13.2. The van der Waals surface area contributed by atoms with Crippen molar-refractivity contribution in [1.82, 2.24) is 19.7 Å². The number of carbonyl (C=O) groups is 2. The zero-order valence-electron chi connectivity index (χ0n) is 20.4. The minimum Gasteiger partial charge on any atom is -0.494 e. The fourth-order valence-corrected chi connectivity index (χ4v) is 3.48. The molecule has 0 spiro atoms. The molecule has 0 aliphatic rings. The molecule has 9 nitrogen and oxygen atoms in total. The van der Waals surface area contributed by atoms with Gasteiger partial charge in [0.2, 0.25) is 0 Å². The summed E-state index contributed by atoms with van der Waals surface area (Å²) in [5.74, 6) is -1.66. The maximum atomic E-state index is 9.55. The van der Waals surface area contributed by atoms with E-state index in [1.165, 1.54) is 0 Å². The zero-order valence-corrected chi connectivity index (χ0v) is 21.2. The highest BCUT2D eigenvalue weighted by atomic mass is 35.5. The Morgan fingerprint density at radius 3 is 2.24 bits per heavy atom. The molecule has 2 aromatic carbocycles. The van der Waals surface area contributed by atoms with Crippen molar-refractivity contribution in [3.63, 3.8) is 0 Å². The SMILES string of the molecule is CN(C)CCCOc1ccc(-n2nc(-c3ccc(Cl)cc3)c3cccnc32)cc1.O=C(O)C=CC(=O)O. The van der Waals surface area contributed by atoms with Gasteiger partial charge in [0.15, 0.2) is 5.65 Å². The van der Waals surface area contributed by atoms with Gasteiger partial charge in [-0.2, -0.15) is 5.10 Å². The second-order valence-corrected chi connectivity index (χ2v) is 8.59. The molecule has 0 atom stereocenters. The highest BCUT2D eigenvalue weighted by Crippen LogP contribution is 2.29. The van der Waals surface area contributed by atoms with E-state index in [2.05, 4.69) is 24.0 Å². The Kier molecular flexibility index (Phi) is 9.76. The number of fused-ring (bicyclic) bond motifs is 1. The number of halogens is 1. The van der Waals surface area contributed by atoms with Gasteiger partial charge in [0.1, 0.15) is 11.4 Å². The Balaban J connectivity index is 0.000000414. The van der Waals surface area contributed by atoms with Gasteiger partial charge >= 0.3 is 11.9 Å². The minimum absolute atomic E-state index is 0.558. The molecule has 0 aliphatic carbocycles. The van der Waals surface area contributed by atoms with Gasteiger partial charge in [-0.15, -0.1) is 0 Å². The van der Waals surface area contributed by atoms with Crippen molar-refractivity contribution in [2.24, 2.45) is 0 Å². The third-order valence-electron chi connectivity index (χ3n) is 5.03. The molecule has 2 heterocycles. The van der Waals surface area contributed by atoms with Crippen LogP contribution in [0.3, 0.4) is 0 Å². The fourth-order valence-electron chi connectivity index (χ4n) is 3.35. The molecule has 2 N–H and O–H groups in total. The Labute approximate surface area is 219 Å². The topological polar surface area (TPSA) is 118 Å². The average Bonchev–Trinajstić information content (AvgIpc) is 3.26. The number of carboxylic acids is 2. The van der Waals surface area contributed by atoms with E-state index in [4.69, 9.17) is 31.6 Å². The van der Waals surface area contributed by atoms with Crippen LogP contribution >= 0.6 is 11.6 Å². The Morgan fingerprint density at radius 1 is 1.00 bits per heavy atom. The molecule has 0 amide bonds. The first-order valence-corrected chi connectivity index (χ1v) is 11.7. The lowest BCUT2D eigenvalue weighted by atomic mass is 10.1. The Hall–Kier alpha value is -4.21. The molecule has 0 saturated heterocycles. The van der Waals surface area contributed by atoms with E-state index < -0.39 is 11.9 Å².